The number of rotatable bonds is 2. The minimum atomic E-state index is -0.721. The molecule has 2 fully saturated rings. The van der Waals surface area contributed by atoms with Gasteiger partial charge in [0.05, 0.1) is 12.3 Å². The molecule has 1 unspecified atom stereocenters. The highest BCUT2D eigenvalue weighted by Gasteiger charge is 2.53. The lowest BCUT2D eigenvalue weighted by molar-refractivity contribution is -0.136. The van der Waals surface area contributed by atoms with Crippen LogP contribution in [0.4, 0.5) is 0 Å². The molecule has 23 heavy (non-hydrogen) atoms. The Bertz CT molecular complexity index is 814. The van der Waals surface area contributed by atoms with Crippen molar-refractivity contribution >= 4 is 16.9 Å². The Kier molecular flexibility index (Phi) is 3.12. The fourth-order valence-electron chi connectivity index (χ4n) is 3.47. The number of piperidine rings is 1. The molecular weight excluding hydrogens is 290 g/mol. The molecule has 1 atom stereocenters. The fourth-order valence-corrected chi connectivity index (χ4v) is 3.47. The molecule has 6 nitrogen and oxygen atoms in total. The molecule has 2 aromatic heterocycles. The van der Waals surface area contributed by atoms with Crippen molar-refractivity contribution in [3.05, 3.63) is 24.0 Å². The Balaban J connectivity index is 1.57. The van der Waals surface area contributed by atoms with Crippen LogP contribution in [0.15, 0.2) is 18.3 Å². The number of hydrogen-bond donors (Lipinski definition) is 0. The number of pyridine rings is 1. The number of fused-ring (bicyclic) bond motifs is 1. The lowest BCUT2D eigenvalue weighted by Crippen LogP contribution is -2.43. The van der Waals surface area contributed by atoms with Crippen molar-refractivity contribution in [1.29, 1.82) is 5.26 Å². The quantitative estimate of drug-likeness (QED) is 0.850. The number of likely N-dealkylation sites (tertiary alicyclic amines) is 1. The van der Waals surface area contributed by atoms with E-state index in [9.17, 15) is 10.1 Å². The van der Waals surface area contributed by atoms with Gasteiger partial charge in [-0.05, 0) is 37.8 Å². The van der Waals surface area contributed by atoms with E-state index in [-0.39, 0.29) is 11.8 Å². The number of nitriles is 1. The largest absolute Gasteiger partial charge is 0.341 e. The van der Waals surface area contributed by atoms with Crippen LogP contribution in [0.25, 0.3) is 11.0 Å². The molecule has 3 heterocycles. The molecule has 6 heteroatoms. The predicted molar refractivity (Wildman–Crippen MR) is 84.3 cm³/mol. The Labute approximate surface area is 134 Å². The number of nitrogens with zero attached hydrogens (tertiary/aromatic N) is 5. The zero-order valence-electron chi connectivity index (χ0n) is 13.2. The molecule has 1 amide bonds. The van der Waals surface area contributed by atoms with E-state index in [1.807, 2.05) is 30.3 Å². The third-order valence-corrected chi connectivity index (χ3v) is 5.10. The zero-order chi connectivity index (χ0) is 16.0. The van der Waals surface area contributed by atoms with Gasteiger partial charge < -0.3 is 4.90 Å². The standard InChI is InChI=1S/C17H19N5O/c1-21-15-12(9-19-21)4-5-14(20-15)13-3-2-8-22(10-13)16(23)17(11-18)6-7-17/h4-5,9,13H,2-3,6-8,10H2,1H3. The van der Waals surface area contributed by atoms with E-state index in [0.717, 1.165) is 36.1 Å². The summed E-state index contributed by atoms with van der Waals surface area (Å²) >= 11 is 0. The van der Waals surface area contributed by atoms with E-state index in [4.69, 9.17) is 4.98 Å². The number of carbonyl (C=O) groups is 1. The maximum atomic E-state index is 12.6. The first-order chi connectivity index (χ1) is 11.1. The number of amides is 1. The maximum absolute atomic E-state index is 12.6. The second-order valence-electron chi connectivity index (χ2n) is 6.70. The molecule has 0 spiro atoms. The summed E-state index contributed by atoms with van der Waals surface area (Å²) in [6, 6.07) is 6.30. The number of aryl methyl sites for hydroxylation is 1. The van der Waals surface area contributed by atoms with Crippen molar-refractivity contribution in [3.8, 4) is 6.07 Å². The van der Waals surface area contributed by atoms with Crippen LogP contribution < -0.4 is 0 Å². The highest BCUT2D eigenvalue weighted by atomic mass is 16.2. The Morgan fingerprint density at radius 3 is 3.00 bits per heavy atom. The van der Waals surface area contributed by atoms with E-state index < -0.39 is 5.41 Å². The molecule has 0 radical (unpaired) electrons. The average molecular weight is 309 g/mol. The van der Waals surface area contributed by atoms with Gasteiger partial charge in [-0.2, -0.15) is 10.4 Å². The molecule has 0 aromatic carbocycles. The minimum Gasteiger partial charge on any atom is -0.341 e. The van der Waals surface area contributed by atoms with Crippen LogP contribution in [-0.2, 0) is 11.8 Å². The summed E-state index contributed by atoms with van der Waals surface area (Å²) in [6.45, 7) is 1.42. The van der Waals surface area contributed by atoms with Gasteiger partial charge in [0.2, 0.25) is 5.91 Å². The molecule has 0 N–H and O–H groups in total. The molecular formula is C17H19N5O. The number of hydrogen-bond acceptors (Lipinski definition) is 4. The highest BCUT2D eigenvalue weighted by molar-refractivity contribution is 5.88. The van der Waals surface area contributed by atoms with Crippen molar-refractivity contribution < 1.29 is 4.79 Å². The molecule has 118 valence electrons. The third-order valence-electron chi connectivity index (χ3n) is 5.10. The molecule has 2 aliphatic rings. The van der Waals surface area contributed by atoms with Crippen LogP contribution in [-0.4, -0.2) is 38.7 Å². The normalized spacial score (nSPS) is 22.8. The lowest BCUT2D eigenvalue weighted by Gasteiger charge is -2.33. The van der Waals surface area contributed by atoms with Gasteiger partial charge >= 0.3 is 0 Å². The summed E-state index contributed by atoms with van der Waals surface area (Å²) in [6.07, 6.45) is 5.22. The Morgan fingerprint density at radius 1 is 1.43 bits per heavy atom. The van der Waals surface area contributed by atoms with E-state index >= 15 is 0 Å². The molecule has 1 saturated carbocycles. The molecule has 1 aliphatic carbocycles. The molecule has 2 aromatic rings. The monoisotopic (exact) mass is 309 g/mol. The third kappa shape index (κ3) is 2.27. The van der Waals surface area contributed by atoms with Gasteiger partial charge in [0.1, 0.15) is 5.41 Å². The summed E-state index contributed by atoms with van der Waals surface area (Å²) in [5.41, 5.74) is 1.17. The minimum absolute atomic E-state index is 0.0197. The van der Waals surface area contributed by atoms with Crippen LogP contribution in [0.3, 0.4) is 0 Å². The maximum Gasteiger partial charge on any atom is 0.243 e. The second kappa shape index (κ2) is 5.05. The van der Waals surface area contributed by atoms with Crippen molar-refractivity contribution in [2.24, 2.45) is 12.5 Å². The number of aromatic nitrogens is 3. The Hall–Kier alpha value is -2.42. The van der Waals surface area contributed by atoms with Crippen molar-refractivity contribution in [3.63, 3.8) is 0 Å². The Morgan fingerprint density at radius 2 is 2.26 bits per heavy atom. The fraction of sp³-hybridized carbons (Fsp3) is 0.529. The van der Waals surface area contributed by atoms with Gasteiger partial charge in [-0.1, -0.05) is 0 Å². The first-order valence-corrected chi connectivity index (χ1v) is 8.12. The van der Waals surface area contributed by atoms with Crippen molar-refractivity contribution in [2.75, 3.05) is 13.1 Å². The smallest absolute Gasteiger partial charge is 0.243 e. The van der Waals surface area contributed by atoms with Gasteiger partial charge in [0.25, 0.3) is 0 Å². The summed E-state index contributed by atoms with van der Waals surface area (Å²) in [7, 11) is 1.89. The summed E-state index contributed by atoms with van der Waals surface area (Å²) in [5.74, 6) is 0.257. The average Bonchev–Trinajstić information content (AvgIpc) is 3.32. The SMILES string of the molecule is Cn1ncc2ccc(C3CCCN(C(=O)C4(C#N)CC4)C3)nc21. The summed E-state index contributed by atoms with van der Waals surface area (Å²) in [5, 5.41) is 14.5. The lowest BCUT2D eigenvalue weighted by atomic mass is 9.93. The van der Waals surface area contributed by atoms with Gasteiger partial charge in [-0.15, -0.1) is 0 Å². The molecule has 4 rings (SSSR count). The van der Waals surface area contributed by atoms with E-state index in [1.54, 1.807) is 4.68 Å². The summed E-state index contributed by atoms with van der Waals surface area (Å²) < 4.78 is 1.78. The molecule has 0 bridgehead atoms. The van der Waals surface area contributed by atoms with Crippen LogP contribution in [0.2, 0.25) is 0 Å². The summed E-state index contributed by atoms with van der Waals surface area (Å²) in [4.78, 5) is 19.2. The first-order valence-electron chi connectivity index (χ1n) is 8.12. The van der Waals surface area contributed by atoms with Crippen LogP contribution >= 0.6 is 0 Å². The first kappa shape index (κ1) is 14.2. The predicted octanol–water partition coefficient (Wildman–Crippen LogP) is 1.98. The van der Waals surface area contributed by atoms with Gasteiger partial charge in [-0.25, -0.2) is 4.98 Å². The van der Waals surface area contributed by atoms with Gasteiger partial charge in [0, 0.05) is 37.1 Å². The topological polar surface area (TPSA) is 74.8 Å². The van der Waals surface area contributed by atoms with E-state index in [0.29, 0.717) is 19.4 Å². The van der Waals surface area contributed by atoms with Gasteiger partial charge in [0.15, 0.2) is 5.65 Å². The van der Waals surface area contributed by atoms with Crippen LogP contribution in [0.5, 0.6) is 0 Å². The molecule has 1 saturated heterocycles. The van der Waals surface area contributed by atoms with Gasteiger partial charge in [-0.3, -0.25) is 9.48 Å². The van der Waals surface area contributed by atoms with Crippen molar-refractivity contribution in [2.45, 2.75) is 31.6 Å². The molecule has 1 aliphatic heterocycles. The van der Waals surface area contributed by atoms with Crippen LogP contribution in [0, 0.1) is 16.7 Å². The van der Waals surface area contributed by atoms with Crippen molar-refractivity contribution in [1.82, 2.24) is 19.7 Å². The zero-order valence-corrected chi connectivity index (χ0v) is 13.2. The van der Waals surface area contributed by atoms with Crippen LogP contribution in [0.1, 0.15) is 37.3 Å². The highest BCUT2D eigenvalue weighted by Crippen LogP contribution is 2.47. The van der Waals surface area contributed by atoms with E-state index in [1.165, 1.54) is 0 Å². The van der Waals surface area contributed by atoms with E-state index in [2.05, 4.69) is 11.2 Å². The number of carbonyl (C=O) groups excluding carboxylic acids is 1. The second-order valence-corrected chi connectivity index (χ2v) is 6.70.